The molecule has 1 rings (SSSR count). The van der Waals surface area contributed by atoms with Crippen LogP contribution in [0.1, 0.15) is 0 Å². The van der Waals surface area contributed by atoms with Crippen LogP contribution in [-0.2, 0) is 4.79 Å². The lowest BCUT2D eigenvalue weighted by molar-refractivity contribution is -0.417. The number of para-hydroxylation sites is 2. The Labute approximate surface area is 106 Å². The van der Waals surface area contributed by atoms with Crippen molar-refractivity contribution in [1.82, 2.24) is 5.43 Å². The zero-order valence-corrected chi connectivity index (χ0v) is 10.2. The first-order valence-electron chi connectivity index (χ1n) is 5.33. The van der Waals surface area contributed by atoms with E-state index in [9.17, 15) is 4.79 Å². The van der Waals surface area contributed by atoms with Gasteiger partial charge in [0.25, 0.3) is 0 Å². The highest BCUT2D eigenvalue weighted by molar-refractivity contribution is 5.65. The molecular weight excluding hydrogens is 230 g/mol. The monoisotopic (exact) mass is 246 g/mol. The van der Waals surface area contributed by atoms with Crippen LogP contribution in [0, 0.1) is 0 Å². The smallest absolute Gasteiger partial charge is 0.225 e. The Balaban J connectivity index is 2.69. The number of anilines is 1. The number of benzene rings is 1. The van der Waals surface area contributed by atoms with E-state index in [1.165, 1.54) is 0 Å². The topological polar surface area (TPSA) is 53.4 Å². The number of nitrogens with one attached hydrogen (secondary N) is 2. The molecule has 0 radical (unpaired) electrons. The molecule has 0 unspecified atom stereocenters. The fraction of sp³-hybridized carbons (Fsp3) is 0.0769. The molecule has 1 amide bonds. The standard InChI is InChI=1S/C13H15N3O2/c1-3-8-16(2)9-10-18-13-7-5-4-6-12(13)15-14-11-17/h3-11,15H,1H2,2H3/p+1/b10-9+,16-8?. The van der Waals surface area contributed by atoms with Gasteiger partial charge in [0.05, 0.1) is 5.69 Å². The first kappa shape index (κ1) is 13.5. The molecule has 0 fully saturated rings. The maximum Gasteiger partial charge on any atom is 0.225 e. The highest BCUT2D eigenvalue weighted by Crippen LogP contribution is 2.22. The summed E-state index contributed by atoms with van der Waals surface area (Å²) in [5.74, 6) is 0.607. The summed E-state index contributed by atoms with van der Waals surface area (Å²) < 4.78 is 7.25. The zero-order chi connectivity index (χ0) is 13.2. The van der Waals surface area contributed by atoms with Gasteiger partial charge in [-0.15, -0.1) is 0 Å². The van der Waals surface area contributed by atoms with E-state index in [2.05, 4.69) is 17.4 Å². The lowest BCUT2D eigenvalue weighted by Crippen LogP contribution is -2.19. The van der Waals surface area contributed by atoms with Crippen LogP contribution >= 0.6 is 0 Å². The summed E-state index contributed by atoms with van der Waals surface area (Å²) in [6.07, 6.45) is 7.30. The Morgan fingerprint density at radius 1 is 1.39 bits per heavy atom. The van der Waals surface area contributed by atoms with E-state index in [1.807, 2.05) is 19.2 Å². The molecule has 0 bridgehead atoms. The number of rotatable bonds is 7. The Morgan fingerprint density at radius 3 is 2.89 bits per heavy atom. The molecule has 0 saturated carbocycles. The molecule has 0 heterocycles. The maximum absolute atomic E-state index is 10.2. The molecule has 94 valence electrons. The second kappa shape index (κ2) is 7.67. The molecule has 0 atom stereocenters. The van der Waals surface area contributed by atoms with Gasteiger partial charge in [-0.1, -0.05) is 18.7 Å². The average molecular weight is 246 g/mol. The van der Waals surface area contributed by atoms with E-state index in [0.29, 0.717) is 17.8 Å². The summed E-state index contributed by atoms with van der Waals surface area (Å²) in [7, 11) is 1.86. The van der Waals surface area contributed by atoms with Crippen molar-refractivity contribution in [3.8, 4) is 5.75 Å². The van der Waals surface area contributed by atoms with Gasteiger partial charge in [0, 0.05) is 0 Å². The molecule has 0 aliphatic heterocycles. The molecule has 0 aromatic heterocycles. The van der Waals surface area contributed by atoms with Crippen LogP contribution < -0.4 is 15.6 Å². The summed E-state index contributed by atoms with van der Waals surface area (Å²) in [5.41, 5.74) is 5.74. The predicted molar refractivity (Wildman–Crippen MR) is 71.5 cm³/mol. The molecule has 1 aromatic carbocycles. The van der Waals surface area contributed by atoms with Gasteiger partial charge in [-0.05, 0) is 18.2 Å². The third-order valence-corrected chi connectivity index (χ3v) is 1.98. The van der Waals surface area contributed by atoms with E-state index >= 15 is 0 Å². The minimum Gasteiger partial charge on any atom is -0.457 e. The van der Waals surface area contributed by atoms with Crippen molar-refractivity contribution in [1.29, 1.82) is 0 Å². The summed E-state index contributed by atoms with van der Waals surface area (Å²) >= 11 is 0. The number of ether oxygens (including phenoxy) is 1. The van der Waals surface area contributed by atoms with Gasteiger partial charge in [0.15, 0.2) is 18.2 Å². The van der Waals surface area contributed by atoms with Gasteiger partial charge in [-0.3, -0.25) is 15.6 Å². The normalized spacial score (nSPS) is 11.1. The van der Waals surface area contributed by atoms with Crippen LogP contribution in [0.5, 0.6) is 5.75 Å². The van der Waals surface area contributed by atoms with Crippen molar-refractivity contribution in [2.45, 2.75) is 0 Å². The van der Waals surface area contributed by atoms with Crippen LogP contribution in [-0.4, -0.2) is 24.2 Å². The Hall–Kier alpha value is -2.56. The molecule has 0 aliphatic carbocycles. The molecular formula is C13H16N3O2+. The number of carbonyl (C=O) groups is 1. The van der Waals surface area contributed by atoms with Gasteiger partial charge in [0.2, 0.25) is 12.6 Å². The fourth-order valence-electron chi connectivity index (χ4n) is 1.20. The van der Waals surface area contributed by atoms with Crippen molar-refractivity contribution < 1.29 is 14.1 Å². The number of hydrogen-bond acceptors (Lipinski definition) is 3. The molecule has 0 saturated heterocycles. The largest absolute Gasteiger partial charge is 0.457 e. The maximum atomic E-state index is 10.2. The summed E-state index contributed by atoms with van der Waals surface area (Å²) in [6.45, 7) is 3.59. The van der Waals surface area contributed by atoms with Crippen molar-refractivity contribution in [2.75, 3.05) is 12.5 Å². The lowest BCUT2D eigenvalue weighted by Gasteiger charge is -2.08. The highest BCUT2D eigenvalue weighted by atomic mass is 16.5. The first-order valence-corrected chi connectivity index (χ1v) is 5.33. The SMILES string of the molecule is C=CC=[N+](C)/C=C/Oc1ccccc1NNC=O. The van der Waals surface area contributed by atoms with Crippen molar-refractivity contribution in [3.63, 3.8) is 0 Å². The second-order valence-electron chi connectivity index (χ2n) is 3.34. The molecule has 2 N–H and O–H groups in total. The van der Waals surface area contributed by atoms with Crippen molar-refractivity contribution >= 4 is 18.3 Å². The van der Waals surface area contributed by atoms with Gasteiger partial charge in [0.1, 0.15) is 7.05 Å². The van der Waals surface area contributed by atoms with Crippen molar-refractivity contribution in [3.05, 3.63) is 49.4 Å². The van der Waals surface area contributed by atoms with E-state index < -0.39 is 0 Å². The van der Waals surface area contributed by atoms with E-state index in [-0.39, 0.29) is 0 Å². The van der Waals surface area contributed by atoms with Gasteiger partial charge in [-0.25, -0.2) is 4.58 Å². The lowest BCUT2D eigenvalue weighted by atomic mass is 10.3. The minimum absolute atomic E-state index is 0.555. The Morgan fingerprint density at radius 2 is 2.17 bits per heavy atom. The Bertz CT molecular complexity index is 467. The number of carbonyl (C=O) groups excluding carboxylic acids is 1. The average Bonchev–Trinajstić information content (AvgIpc) is 2.38. The number of hydrazine groups is 1. The summed E-state index contributed by atoms with van der Waals surface area (Å²) in [5, 5.41) is 0. The molecule has 0 spiro atoms. The molecule has 5 heteroatoms. The van der Waals surface area contributed by atoms with Crippen molar-refractivity contribution in [2.24, 2.45) is 0 Å². The van der Waals surface area contributed by atoms with Crippen LogP contribution in [0.4, 0.5) is 5.69 Å². The van der Waals surface area contributed by atoms with Crippen LogP contribution in [0.2, 0.25) is 0 Å². The Kier molecular flexibility index (Phi) is 5.76. The zero-order valence-electron chi connectivity index (χ0n) is 10.2. The van der Waals surface area contributed by atoms with Crippen LogP contribution in [0.3, 0.4) is 0 Å². The highest BCUT2D eigenvalue weighted by Gasteiger charge is 2.00. The van der Waals surface area contributed by atoms with Gasteiger partial charge < -0.3 is 4.74 Å². The summed E-state index contributed by atoms with van der Waals surface area (Å²) in [6, 6.07) is 7.26. The molecule has 18 heavy (non-hydrogen) atoms. The molecule has 0 aliphatic rings. The van der Waals surface area contributed by atoms with Crippen LogP contribution in [0.15, 0.2) is 49.4 Å². The minimum atomic E-state index is 0.555. The van der Waals surface area contributed by atoms with E-state index in [4.69, 9.17) is 4.74 Å². The van der Waals surface area contributed by atoms with E-state index in [0.717, 1.165) is 0 Å². The second-order valence-corrected chi connectivity index (χ2v) is 3.34. The van der Waals surface area contributed by atoms with Gasteiger partial charge in [-0.2, -0.15) is 0 Å². The van der Waals surface area contributed by atoms with Crippen LogP contribution in [0.25, 0.3) is 0 Å². The number of allylic oxidation sites excluding steroid dienone is 1. The number of amides is 1. The van der Waals surface area contributed by atoms with Gasteiger partial charge >= 0.3 is 0 Å². The number of nitrogens with zero attached hydrogens (tertiary/aromatic N) is 1. The van der Waals surface area contributed by atoms with E-state index in [1.54, 1.807) is 41.5 Å². The third-order valence-electron chi connectivity index (χ3n) is 1.98. The molecule has 5 nitrogen and oxygen atoms in total. The fourth-order valence-corrected chi connectivity index (χ4v) is 1.20. The number of hydrogen-bond donors (Lipinski definition) is 2. The quantitative estimate of drug-likeness (QED) is 0.252. The first-order chi connectivity index (χ1) is 8.77. The third kappa shape index (κ3) is 4.52. The predicted octanol–water partition coefficient (Wildman–Crippen LogP) is 1.51. The molecule has 1 aromatic rings. The summed E-state index contributed by atoms with van der Waals surface area (Å²) in [4.78, 5) is 10.2.